The van der Waals surface area contributed by atoms with Crippen LogP contribution >= 0.6 is 11.8 Å². The lowest BCUT2D eigenvalue weighted by Gasteiger charge is -2.15. The number of aliphatic hydroxyl groups is 1. The monoisotopic (exact) mass is 436 g/mol. The Bertz CT molecular complexity index is 1390. The van der Waals surface area contributed by atoms with Crippen LogP contribution in [0, 0.1) is 5.92 Å². The second-order valence-electron chi connectivity index (χ2n) is 7.89. The van der Waals surface area contributed by atoms with Gasteiger partial charge in [-0.25, -0.2) is 14.8 Å². The molecule has 0 saturated heterocycles. The highest BCUT2D eigenvalue weighted by Crippen LogP contribution is 2.26. The highest BCUT2D eigenvalue weighted by Gasteiger charge is 2.19. The Morgan fingerprint density at radius 3 is 2.55 bits per heavy atom. The Labute approximate surface area is 183 Å². The first kappa shape index (κ1) is 21.3. The van der Waals surface area contributed by atoms with Crippen LogP contribution < -0.4 is 11.2 Å². The quantitative estimate of drug-likeness (QED) is 0.369. The third-order valence-corrected chi connectivity index (χ3v) is 5.91. The van der Waals surface area contributed by atoms with Gasteiger partial charge in [-0.3, -0.25) is 13.9 Å². The molecular formula is C23H24N4O3S. The van der Waals surface area contributed by atoms with Gasteiger partial charge in [-0.15, -0.1) is 0 Å². The number of benzene rings is 2. The number of rotatable bonds is 6. The van der Waals surface area contributed by atoms with E-state index in [1.165, 1.54) is 11.6 Å². The molecule has 7 nitrogen and oxygen atoms in total. The Morgan fingerprint density at radius 1 is 1.06 bits per heavy atom. The average Bonchev–Trinajstić information content (AvgIpc) is 2.76. The van der Waals surface area contributed by atoms with Gasteiger partial charge in [0.25, 0.3) is 5.56 Å². The molecule has 0 bridgehead atoms. The van der Waals surface area contributed by atoms with Crippen molar-refractivity contribution in [2.45, 2.75) is 31.8 Å². The van der Waals surface area contributed by atoms with Crippen molar-refractivity contribution in [3.05, 3.63) is 74.6 Å². The van der Waals surface area contributed by atoms with E-state index < -0.39 is 11.2 Å². The predicted molar refractivity (Wildman–Crippen MR) is 124 cm³/mol. The summed E-state index contributed by atoms with van der Waals surface area (Å²) < 4.78 is 2.59. The fourth-order valence-corrected chi connectivity index (χ4v) is 4.30. The van der Waals surface area contributed by atoms with Crippen LogP contribution in [0.3, 0.4) is 0 Å². The molecule has 0 unspecified atom stereocenters. The molecule has 8 heteroatoms. The van der Waals surface area contributed by atoms with Crippen LogP contribution in [0.1, 0.15) is 25.1 Å². The van der Waals surface area contributed by atoms with E-state index in [9.17, 15) is 14.7 Å². The SMILES string of the molecule is CC(C)Cn1c(=O)n(C)c(=O)c2nc(SCO)c(Cc3cccc4ccccc34)nc21. The molecule has 0 aliphatic carbocycles. The van der Waals surface area contributed by atoms with Crippen molar-refractivity contribution in [1.82, 2.24) is 19.1 Å². The molecule has 0 amide bonds. The van der Waals surface area contributed by atoms with E-state index in [0.717, 1.165) is 32.7 Å². The topological polar surface area (TPSA) is 90.0 Å². The molecule has 0 saturated carbocycles. The molecule has 0 fully saturated rings. The van der Waals surface area contributed by atoms with Gasteiger partial charge in [-0.05, 0) is 22.3 Å². The fourth-order valence-electron chi connectivity index (χ4n) is 3.74. The predicted octanol–water partition coefficient (Wildman–Crippen LogP) is 2.93. The first-order chi connectivity index (χ1) is 14.9. The van der Waals surface area contributed by atoms with E-state index in [1.807, 2.05) is 38.1 Å². The van der Waals surface area contributed by atoms with Crippen LogP contribution in [0.5, 0.6) is 0 Å². The summed E-state index contributed by atoms with van der Waals surface area (Å²) in [6, 6.07) is 14.2. The maximum atomic E-state index is 12.8. The van der Waals surface area contributed by atoms with Crippen LogP contribution in [0.4, 0.5) is 0 Å². The second-order valence-corrected chi connectivity index (χ2v) is 8.82. The van der Waals surface area contributed by atoms with Crippen LogP contribution in [-0.2, 0) is 20.0 Å². The first-order valence-electron chi connectivity index (χ1n) is 10.1. The van der Waals surface area contributed by atoms with E-state index in [2.05, 4.69) is 23.2 Å². The normalized spacial score (nSPS) is 11.6. The minimum atomic E-state index is -0.482. The van der Waals surface area contributed by atoms with Gasteiger partial charge in [-0.1, -0.05) is 68.1 Å². The lowest BCUT2D eigenvalue weighted by atomic mass is 10.0. The minimum Gasteiger partial charge on any atom is -0.385 e. The zero-order valence-electron chi connectivity index (χ0n) is 17.7. The summed E-state index contributed by atoms with van der Waals surface area (Å²) in [6.45, 7) is 4.44. The standard InChI is InChI=1S/C23H24N4O3S/c1-14(2)12-27-20-19(22(29)26(3)23(27)30)25-21(31-13-28)18(24-20)11-16-9-6-8-15-7-4-5-10-17(15)16/h4-10,14,28H,11-13H2,1-3H3. The molecule has 4 aromatic rings. The Hall–Kier alpha value is -2.97. The number of thioether (sulfide) groups is 1. The Morgan fingerprint density at radius 2 is 1.81 bits per heavy atom. The number of hydrogen-bond donors (Lipinski definition) is 1. The van der Waals surface area contributed by atoms with Crippen molar-refractivity contribution >= 4 is 33.7 Å². The average molecular weight is 437 g/mol. The van der Waals surface area contributed by atoms with Crippen LogP contribution in [0.25, 0.3) is 21.9 Å². The number of nitrogens with zero attached hydrogens (tertiary/aromatic N) is 4. The van der Waals surface area contributed by atoms with Crippen molar-refractivity contribution in [3.8, 4) is 0 Å². The largest absolute Gasteiger partial charge is 0.385 e. The van der Waals surface area contributed by atoms with Crippen molar-refractivity contribution < 1.29 is 5.11 Å². The van der Waals surface area contributed by atoms with E-state index in [4.69, 9.17) is 4.98 Å². The summed E-state index contributed by atoms with van der Waals surface area (Å²) in [5.41, 5.74) is 1.24. The second kappa shape index (κ2) is 8.64. The Balaban J connectivity index is 1.97. The molecule has 0 atom stereocenters. The highest BCUT2D eigenvalue weighted by atomic mass is 32.2. The van der Waals surface area contributed by atoms with Crippen molar-refractivity contribution in [2.75, 3.05) is 5.94 Å². The van der Waals surface area contributed by atoms with E-state index in [-0.39, 0.29) is 17.4 Å². The van der Waals surface area contributed by atoms with Crippen LogP contribution in [0.2, 0.25) is 0 Å². The summed E-state index contributed by atoms with van der Waals surface area (Å²) in [7, 11) is 1.45. The van der Waals surface area contributed by atoms with Gasteiger partial charge < -0.3 is 5.11 Å². The highest BCUT2D eigenvalue weighted by molar-refractivity contribution is 7.99. The summed E-state index contributed by atoms with van der Waals surface area (Å²) in [4.78, 5) is 34.9. The molecule has 4 rings (SSSR count). The molecule has 2 aromatic heterocycles. The van der Waals surface area contributed by atoms with Gasteiger partial charge in [0, 0.05) is 20.0 Å². The smallest absolute Gasteiger partial charge is 0.332 e. The van der Waals surface area contributed by atoms with E-state index in [0.29, 0.717) is 29.3 Å². The van der Waals surface area contributed by atoms with Gasteiger partial charge in [0.2, 0.25) is 0 Å². The van der Waals surface area contributed by atoms with Crippen molar-refractivity contribution in [1.29, 1.82) is 0 Å². The van der Waals surface area contributed by atoms with Gasteiger partial charge in [0.05, 0.1) is 11.6 Å². The van der Waals surface area contributed by atoms with Crippen LogP contribution in [-0.4, -0.2) is 30.1 Å². The third kappa shape index (κ3) is 4.00. The number of aliphatic hydroxyl groups excluding tert-OH is 1. The van der Waals surface area contributed by atoms with E-state index in [1.54, 1.807) is 0 Å². The molecule has 0 aliphatic rings. The van der Waals surface area contributed by atoms with Gasteiger partial charge in [0.15, 0.2) is 11.2 Å². The summed E-state index contributed by atoms with van der Waals surface area (Å²) in [5.74, 6) is 0.00232. The summed E-state index contributed by atoms with van der Waals surface area (Å²) >= 11 is 1.13. The molecule has 0 aliphatic heterocycles. The zero-order valence-corrected chi connectivity index (χ0v) is 18.5. The molecule has 1 N–H and O–H groups in total. The fraction of sp³-hybridized carbons (Fsp3) is 0.304. The molecule has 31 heavy (non-hydrogen) atoms. The van der Waals surface area contributed by atoms with E-state index >= 15 is 0 Å². The molecular weight excluding hydrogens is 412 g/mol. The first-order valence-corrected chi connectivity index (χ1v) is 11.1. The third-order valence-electron chi connectivity index (χ3n) is 5.18. The lowest BCUT2D eigenvalue weighted by Crippen LogP contribution is -2.39. The van der Waals surface area contributed by atoms with Gasteiger partial charge in [-0.2, -0.15) is 0 Å². The summed E-state index contributed by atoms with van der Waals surface area (Å²) in [6.07, 6.45) is 0.470. The number of fused-ring (bicyclic) bond motifs is 2. The van der Waals surface area contributed by atoms with Crippen molar-refractivity contribution in [3.63, 3.8) is 0 Å². The minimum absolute atomic E-state index is 0.139. The van der Waals surface area contributed by atoms with Gasteiger partial charge in [0.1, 0.15) is 5.03 Å². The maximum absolute atomic E-state index is 12.8. The maximum Gasteiger partial charge on any atom is 0.332 e. The zero-order chi connectivity index (χ0) is 22.1. The molecule has 0 spiro atoms. The molecule has 2 aromatic carbocycles. The lowest BCUT2D eigenvalue weighted by molar-refractivity contribution is 0.375. The molecule has 160 valence electrons. The number of hydrogen-bond acceptors (Lipinski definition) is 6. The van der Waals surface area contributed by atoms with Crippen LogP contribution in [0.15, 0.2) is 57.1 Å². The van der Waals surface area contributed by atoms with Crippen molar-refractivity contribution in [2.24, 2.45) is 13.0 Å². The molecule has 2 heterocycles. The number of aromatic nitrogens is 4. The molecule has 0 radical (unpaired) electrons. The Kier molecular flexibility index (Phi) is 5.93. The summed E-state index contributed by atoms with van der Waals surface area (Å²) in [5, 5.41) is 12.3. The van der Waals surface area contributed by atoms with Gasteiger partial charge >= 0.3 is 5.69 Å².